The van der Waals surface area contributed by atoms with Crippen molar-refractivity contribution >= 4 is 38.1 Å². The van der Waals surface area contributed by atoms with Crippen LogP contribution in [0.25, 0.3) is 27.8 Å². The second kappa shape index (κ2) is 8.97. The minimum atomic E-state index is -3.12. The molecule has 2 aromatic heterocycles. The summed E-state index contributed by atoms with van der Waals surface area (Å²) in [5.74, 6) is -0.0485. The number of aromatic nitrogens is 3. The number of benzene rings is 2. The molecule has 1 atom stereocenters. The molecule has 1 fully saturated rings. The molecule has 10 heteroatoms. The van der Waals surface area contributed by atoms with E-state index in [1.165, 1.54) is 25.4 Å². The van der Waals surface area contributed by atoms with Gasteiger partial charge in [0.25, 0.3) is 0 Å². The molecule has 0 bridgehead atoms. The summed E-state index contributed by atoms with van der Waals surface area (Å²) >= 11 is 6.46. The molecule has 1 aliphatic heterocycles. The normalized spacial score (nSPS) is 19.0. The Labute approximate surface area is 212 Å². The Kier molecular flexibility index (Phi) is 6.08. The number of pyridine rings is 1. The van der Waals surface area contributed by atoms with Crippen molar-refractivity contribution in [1.29, 1.82) is 0 Å². The summed E-state index contributed by atoms with van der Waals surface area (Å²) < 4.78 is 44.5. The fraction of sp³-hybridized carbons (Fsp3) is 0.269. The molecule has 0 radical (unpaired) electrons. The Balaban J connectivity index is 1.63. The molecular weight excluding hydrogens is 505 g/mol. The summed E-state index contributed by atoms with van der Waals surface area (Å²) in [6.07, 6.45) is 2.07. The number of methoxy groups -OCH3 is 1. The van der Waals surface area contributed by atoms with Gasteiger partial charge in [0, 0.05) is 29.0 Å². The van der Waals surface area contributed by atoms with Gasteiger partial charge in [0.05, 0.1) is 41.0 Å². The van der Waals surface area contributed by atoms with Crippen LogP contribution in [0.3, 0.4) is 0 Å². The summed E-state index contributed by atoms with van der Waals surface area (Å²) in [4.78, 5) is 17.4. The van der Waals surface area contributed by atoms with Gasteiger partial charge >= 0.3 is 0 Å². The molecule has 5 rings (SSSR count). The van der Waals surface area contributed by atoms with Gasteiger partial charge in [-0.15, -0.1) is 0 Å². The third-order valence-corrected chi connectivity index (χ3v) is 8.81. The van der Waals surface area contributed by atoms with Gasteiger partial charge in [-0.3, -0.25) is 4.79 Å². The van der Waals surface area contributed by atoms with E-state index in [9.17, 15) is 17.6 Å². The molecule has 1 aliphatic rings. The molecule has 0 spiro atoms. The fourth-order valence-electron chi connectivity index (χ4n) is 4.69. The number of hydrogen-bond donors (Lipinski definition) is 0. The van der Waals surface area contributed by atoms with E-state index in [-0.39, 0.29) is 29.5 Å². The number of fused-ring (bicyclic) bond motifs is 1. The molecule has 0 saturated carbocycles. The van der Waals surface area contributed by atoms with E-state index in [1.54, 1.807) is 41.1 Å². The van der Waals surface area contributed by atoms with Gasteiger partial charge in [0.2, 0.25) is 5.88 Å². The Morgan fingerprint density at radius 2 is 1.94 bits per heavy atom. The number of rotatable bonds is 6. The lowest BCUT2D eigenvalue weighted by molar-refractivity contribution is 0.0934. The van der Waals surface area contributed by atoms with Gasteiger partial charge in [-0.2, -0.15) is 5.10 Å². The summed E-state index contributed by atoms with van der Waals surface area (Å²) in [6.45, 7) is 1.84. The maximum atomic E-state index is 13.6. The largest absolute Gasteiger partial charge is 0.481 e. The predicted octanol–water partition coefficient (Wildman–Crippen LogP) is 5.29. The highest BCUT2D eigenvalue weighted by atomic mass is 35.5. The molecule has 0 N–H and O–H groups in total. The first kappa shape index (κ1) is 24.4. The summed E-state index contributed by atoms with van der Waals surface area (Å²) in [5.41, 5.74) is 2.22. The highest BCUT2D eigenvalue weighted by molar-refractivity contribution is 7.91. The maximum absolute atomic E-state index is 13.6. The van der Waals surface area contributed by atoms with E-state index in [1.807, 2.05) is 6.92 Å². The Bertz CT molecular complexity index is 1600. The van der Waals surface area contributed by atoms with Crippen molar-refractivity contribution in [2.24, 2.45) is 5.41 Å². The van der Waals surface area contributed by atoms with Crippen LogP contribution in [0.4, 0.5) is 4.39 Å². The van der Waals surface area contributed by atoms with Crippen LogP contribution in [-0.2, 0) is 9.84 Å². The van der Waals surface area contributed by atoms with Gasteiger partial charge in [-0.1, -0.05) is 24.6 Å². The second-order valence-electron chi connectivity index (χ2n) is 9.43. The Morgan fingerprint density at radius 3 is 2.61 bits per heavy atom. The molecular formula is C26H23ClFN3O4S. The van der Waals surface area contributed by atoms with Gasteiger partial charge in [0.15, 0.2) is 15.6 Å². The van der Waals surface area contributed by atoms with E-state index in [0.29, 0.717) is 45.3 Å². The van der Waals surface area contributed by atoms with E-state index in [0.717, 1.165) is 5.39 Å². The van der Waals surface area contributed by atoms with Crippen molar-refractivity contribution in [3.8, 4) is 22.8 Å². The lowest BCUT2D eigenvalue weighted by Gasteiger charge is -2.20. The number of ether oxygens (including phenoxy) is 1. The van der Waals surface area contributed by atoms with E-state index in [2.05, 4.69) is 4.98 Å². The minimum Gasteiger partial charge on any atom is -0.481 e. The number of carbonyl (C=O) groups excluding carboxylic acids is 1. The topological polar surface area (TPSA) is 91.2 Å². The highest BCUT2D eigenvalue weighted by Crippen LogP contribution is 2.38. The van der Waals surface area contributed by atoms with Crippen molar-refractivity contribution < 1.29 is 22.3 Å². The molecule has 186 valence electrons. The van der Waals surface area contributed by atoms with Gasteiger partial charge in [-0.05, 0) is 48.2 Å². The van der Waals surface area contributed by atoms with Gasteiger partial charge in [0.1, 0.15) is 11.5 Å². The highest BCUT2D eigenvalue weighted by Gasteiger charge is 2.40. The quantitative estimate of drug-likeness (QED) is 0.317. The number of Topliss-reactive ketones (excluding diaryl/α,β-unsaturated/α-hetero) is 1. The number of hydrogen-bond acceptors (Lipinski definition) is 6. The van der Waals surface area contributed by atoms with Crippen LogP contribution in [0.1, 0.15) is 30.1 Å². The standard InChI is InChI=1S/C26H23ClFN3O4S/c1-26(9-10-36(33,34)15-26)13-23(32)16-3-8-19-22(11-16)31(18-6-4-17(28)5-7-18)30-25(19)20-12-24(35-2)29-14-21(20)27/h3-8,11-12,14H,9-10,13,15H2,1-2H3. The summed E-state index contributed by atoms with van der Waals surface area (Å²) in [7, 11) is -1.62. The molecule has 3 heterocycles. The number of halogens is 2. The van der Waals surface area contributed by atoms with Crippen LogP contribution in [0, 0.1) is 11.2 Å². The van der Waals surface area contributed by atoms with Gasteiger partial charge < -0.3 is 4.74 Å². The van der Waals surface area contributed by atoms with E-state index < -0.39 is 15.3 Å². The van der Waals surface area contributed by atoms with Crippen LogP contribution in [0.15, 0.2) is 54.7 Å². The molecule has 0 aliphatic carbocycles. The Morgan fingerprint density at radius 1 is 1.19 bits per heavy atom. The average Bonchev–Trinajstić information content (AvgIpc) is 3.35. The number of carbonyl (C=O) groups is 1. The zero-order chi connectivity index (χ0) is 25.7. The first-order valence-corrected chi connectivity index (χ1v) is 13.5. The zero-order valence-corrected chi connectivity index (χ0v) is 21.2. The molecule has 0 amide bonds. The smallest absolute Gasteiger partial charge is 0.213 e. The summed E-state index contributed by atoms with van der Waals surface area (Å²) in [5, 5.41) is 5.86. The Hall–Kier alpha value is -3.30. The molecule has 2 aromatic carbocycles. The van der Waals surface area contributed by atoms with E-state index in [4.69, 9.17) is 21.4 Å². The lowest BCUT2D eigenvalue weighted by Crippen LogP contribution is -2.22. The molecule has 1 unspecified atom stereocenters. The second-order valence-corrected chi connectivity index (χ2v) is 12.0. The van der Waals surface area contributed by atoms with Crippen molar-refractivity contribution in [3.05, 3.63) is 71.1 Å². The molecule has 4 aromatic rings. The fourth-order valence-corrected chi connectivity index (χ4v) is 7.13. The number of sulfone groups is 1. The van der Waals surface area contributed by atoms with Crippen LogP contribution < -0.4 is 4.74 Å². The minimum absolute atomic E-state index is 0.00796. The van der Waals surface area contributed by atoms with Crippen molar-refractivity contribution in [2.45, 2.75) is 19.8 Å². The zero-order valence-electron chi connectivity index (χ0n) is 19.7. The molecule has 1 saturated heterocycles. The lowest BCUT2D eigenvalue weighted by atomic mass is 9.83. The van der Waals surface area contributed by atoms with E-state index >= 15 is 0 Å². The third-order valence-electron chi connectivity index (χ3n) is 6.54. The number of nitrogens with zero attached hydrogens (tertiary/aromatic N) is 3. The van der Waals surface area contributed by atoms with Crippen LogP contribution >= 0.6 is 11.6 Å². The molecule has 36 heavy (non-hydrogen) atoms. The van der Waals surface area contributed by atoms with Crippen LogP contribution in [0.5, 0.6) is 5.88 Å². The van der Waals surface area contributed by atoms with Crippen LogP contribution in [0.2, 0.25) is 5.02 Å². The molecule has 7 nitrogen and oxygen atoms in total. The van der Waals surface area contributed by atoms with Crippen molar-refractivity contribution in [2.75, 3.05) is 18.6 Å². The first-order valence-electron chi connectivity index (χ1n) is 11.3. The average molecular weight is 528 g/mol. The SMILES string of the molecule is COc1cc(-c2nn(-c3ccc(F)cc3)c3cc(C(=O)CC4(C)CCS(=O)(=O)C4)ccc23)c(Cl)cn1. The monoisotopic (exact) mass is 527 g/mol. The van der Waals surface area contributed by atoms with Gasteiger partial charge in [-0.25, -0.2) is 22.5 Å². The van der Waals surface area contributed by atoms with Crippen molar-refractivity contribution in [3.63, 3.8) is 0 Å². The maximum Gasteiger partial charge on any atom is 0.213 e. The van der Waals surface area contributed by atoms with Crippen molar-refractivity contribution in [1.82, 2.24) is 14.8 Å². The summed E-state index contributed by atoms with van der Waals surface area (Å²) in [6, 6.07) is 12.8. The van der Waals surface area contributed by atoms with Crippen LogP contribution in [-0.4, -0.2) is 47.6 Å². The predicted molar refractivity (Wildman–Crippen MR) is 136 cm³/mol. The third kappa shape index (κ3) is 4.60. The first-order chi connectivity index (χ1) is 17.1. The number of ketones is 1.